The van der Waals surface area contributed by atoms with E-state index in [9.17, 15) is 4.79 Å². The van der Waals surface area contributed by atoms with Gasteiger partial charge in [0.1, 0.15) is 5.78 Å². The van der Waals surface area contributed by atoms with Crippen LogP contribution in [0.3, 0.4) is 0 Å². The lowest BCUT2D eigenvalue weighted by Gasteiger charge is -2.06. The van der Waals surface area contributed by atoms with Crippen LogP contribution < -0.4 is 0 Å². The second-order valence-corrected chi connectivity index (χ2v) is 8.17. The number of rotatable bonds is 6. The molecule has 0 bridgehead atoms. The van der Waals surface area contributed by atoms with Gasteiger partial charge in [-0.15, -0.1) is 0 Å². The maximum Gasteiger partial charge on any atom is 0.141 e. The third-order valence-corrected chi connectivity index (χ3v) is 5.57. The second-order valence-electron chi connectivity index (χ2n) is 7.30. The van der Waals surface area contributed by atoms with E-state index in [-0.39, 0.29) is 5.78 Å². The number of benzene rings is 4. The van der Waals surface area contributed by atoms with E-state index in [1.54, 1.807) is 0 Å². The van der Waals surface area contributed by atoms with Crippen molar-refractivity contribution in [2.75, 3.05) is 0 Å². The summed E-state index contributed by atoms with van der Waals surface area (Å²) < 4.78 is 0. The summed E-state index contributed by atoms with van der Waals surface area (Å²) in [6.07, 6.45) is 0.861. The molecule has 0 aromatic heterocycles. The van der Waals surface area contributed by atoms with Crippen LogP contribution >= 0.6 is 23.2 Å². The fourth-order valence-electron chi connectivity index (χ4n) is 3.43. The second kappa shape index (κ2) is 9.30. The van der Waals surface area contributed by atoms with Crippen LogP contribution in [0.15, 0.2) is 97.1 Å². The molecular weight excluding hydrogens is 411 g/mol. The van der Waals surface area contributed by atoms with Crippen molar-refractivity contribution in [3.63, 3.8) is 0 Å². The third kappa shape index (κ3) is 5.18. The van der Waals surface area contributed by atoms with Crippen LogP contribution in [-0.2, 0) is 17.6 Å². The summed E-state index contributed by atoms with van der Waals surface area (Å²) in [4.78, 5) is 12.5. The largest absolute Gasteiger partial charge is 0.299 e. The van der Waals surface area contributed by atoms with Crippen molar-refractivity contribution in [3.8, 4) is 22.3 Å². The molecule has 0 spiro atoms. The van der Waals surface area contributed by atoms with Crippen LogP contribution in [-0.4, -0.2) is 5.78 Å². The van der Waals surface area contributed by atoms with Crippen molar-refractivity contribution in [2.45, 2.75) is 12.8 Å². The highest BCUT2D eigenvalue weighted by Gasteiger charge is 2.07. The molecule has 0 fully saturated rings. The van der Waals surface area contributed by atoms with Crippen molar-refractivity contribution in [2.24, 2.45) is 0 Å². The Kier molecular flexibility index (Phi) is 6.32. The van der Waals surface area contributed by atoms with Gasteiger partial charge in [-0.3, -0.25) is 4.79 Å². The summed E-state index contributed by atoms with van der Waals surface area (Å²) >= 11 is 11.9. The Morgan fingerprint density at radius 3 is 1.03 bits per heavy atom. The van der Waals surface area contributed by atoms with Gasteiger partial charge in [0, 0.05) is 22.9 Å². The lowest BCUT2D eigenvalue weighted by Crippen LogP contribution is -2.06. The van der Waals surface area contributed by atoms with Crippen LogP contribution in [0.4, 0.5) is 0 Å². The zero-order valence-corrected chi connectivity index (χ0v) is 17.8. The number of halogens is 2. The molecule has 4 aromatic carbocycles. The van der Waals surface area contributed by atoms with Crippen molar-refractivity contribution in [3.05, 3.63) is 118 Å². The normalized spacial score (nSPS) is 10.7. The molecule has 0 aliphatic heterocycles. The predicted octanol–water partition coefficient (Wildman–Crippen LogP) is 7.68. The Labute approximate surface area is 186 Å². The summed E-state index contributed by atoms with van der Waals surface area (Å²) in [7, 11) is 0. The van der Waals surface area contributed by atoms with Crippen LogP contribution in [0, 0.1) is 0 Å². The van der Waals surface area contributed by atoms with Gasteiger partial charge in [-0.2, -0.15) is 0 Å². The number of carbonyl (C=O) groups is 1. The quantitative estimate of drug-likeness (QED) is 0.306. The molecule has 148 valence electrons. The maximum absolute atomic E-state index is 12.5. The SMILES string of the molecule is O=C(Cc1ccc(-c2ccc(Cl)cc2)cc1)Cc1ccc(-c2ccc(Cl)cc2)cc1. The Morgan fingerprint density at radius 2 is 0.733 bits per heavy atom. The van der Waals surface area contributed by atoms with E-state index in [2.05, 4.69) is 0 Å². The first-order valence-electron chi connectivity index (χ1n) is 9.78. The van der Waals surface area contributed by atoms with Gasteiger partial charge in [0.15, 0.2) is 0 Å². The predicted molar refractivity (Wildman–Crippen MR) is 126 cm³/mol. The van der Waals surface area contributed by atoms with E-state index in [4.69, 9.17) is 23.2 Å². The highest BCUT2D eigenvalue weighted by Crippen LogP contribution is 2.23. The minimum absolute atomic E-state index is 0.202. The molecule has 4 aromatic rings. The molecule has 0 unspecified atom stereocenters. The molecule has 0 atom stereocenters. The van der Waals surface area contributed by atoms with Gasteiger partial charge >= 0.3 is 0 Å². The average molecular weight is 431 g/mol. The third-order valence-electron chi connectivity index (χ3n) is 5.07. The van der Waals surface area contributed by atoms with Crippen molar-refractivity contribution in [1.82, 2.24) is 0 Å². The highest BCUT2D eigenvalue weighted by atomic mass is 35.5. The fraction of sp³-hybridized carbons (Fsp3) is 0.0741. The van der Waals surface area contributed by atoms with Gasteiger partial charge in [0.25, 0.3) is 0 Å². The van der Waals surface area contributed by atoms with E-state index in [0.29, 0.717) is 12.8 Å². The van der Waals surface area contributed by atoms with Crippen LogP contribution in [0.2, 0.25) is 10.0 Å². The number of Topliss-reactive ketones (excluding diaryl/α,β-unsaturated/α-hetero) is 1. The molecule has 4 rings (SSSR count). The molecule has 30 heavy (non-hydrogen) atoms. The molecule has 0 aliphatic rings. The number of hydrogen-bond donors (Lipinski definition) is 0. The van der Waals surface area contributed by atoms with E-state index < -0.39 is 0 Å². The van der Waals surface area contributed by atoms with Crippen LogP contribution in [0.1, 0.15) is 11.1 Å². The summed E-state index contributed by atoms with van der Waals surface area (Å²) in [6.45, 7) is 0. The summed E-state index contributed by atoms with van der Waals surface area (Å²) in [6, 6.07) is 31.8. The molecule has 0 saturated heterocycles. The average Bonchev–Trinajstić information content (AvgIpc) is 2.76. The molecule has 0 amide bonds. The number of ketones is 1. The minimum Gasteiger partial charge on any atom is -0.299 e. The monoisotopic (exact) mass is 430 g/mol. The first kappa shape index (κ1) is 20.4. The zero-order chi connectivity index (χ0) is 20.9. The minimum atomic E-state index is 0.202. The smallest absolute Gasteiger partial charge is 0.141 e. The van der Waals surface area contributed by atoms with Gasteiger partial charge in [-0.05, 0) is 57.6 Å². The standard InChI is InChI=1S/C27H20Cl2O/c28-25-13-9-23(10-14-25)21-5-1-19(2-6-21)17-27(30)18-20-3-7-22(8-4-20)24-11-15-26(29)16-12-24/h1-16H,17-18H2. The highest BCUT2D eigenvalue weighted by molar-refractivity contribution is 6.30. The molecule has 0 heterocycles. The number of hydrogen-bond acceptors (Lipinski definition) is 1. The molecule has 0 N–H and O–H groups in total. The van der Waals surface area contributed by atoms with Crippen molar-refractivity contribution in [1.29, 1.82) is 0 Å². The Hall–Kier alpha value is -2.87. The fourth-order valence-corrected chi connectivity index (χ4v) is 3.68. The Morgan fingerprint density at radius 1 is 0.467 bits per heavy atom. The van der Waals surface area contributed by atoms with Crippen LogP contribution in [0.25, 0.3) is 22.3 Å². The lowest BCUT2D eigenvalue weighted by molar-refractivity contribution is -0.117. The van der Waals surface area contributed by atoms with E-state index in [1.807, 2.05) is 97.1 Å². The molecule has 1 nitrogen and oxygen atoms in total. The van der Waals surface area contributed by atoms with Gasteiger partial charge < -0.3 is 0 Å². The van der Waals surface area contributed by atoms with E-state index in [1.165, 1.54) is 0 Å². The van der Waals surface area contributed by atoms with E-state index >= 15 is 0 Å². The Bertz CT molecular complexity index is 1030. The molecule has 0 radical (unpaired) electrons. The molecule has 0 aliphatic carbocycles. The topological polar surface area (TPSA) is 17.1 Å². The summed E-state index contributed by atoms with van der Waals surface area (Å²) in [5.74, 6) is 0.202. The van der Waals surface area contributed by atoms with Crippen molar-refractivity contribution >= 4 is 29.0 Å². The first-order chi connectivity index (χ1) is 14.6. The van der Waals surface area contributed by atoms with Gasteiger partial charge in [-0.1, -0.05) is 96.0 Å². The summed E-state index contributed by atoms with van der Waals surface area (Å²) in [5.41, 5.74) is 6.49. The van der Waals surface area contributed by atoms with E-state index in [0.717, 1.165) is 43.4 Å². The van der Waals surface area contributed by atoms with Gasteiger partial charge in [0.2, 0.25) is 0 Å². The maximum atomic E-state index is 12.5. The molecule has 0 saturated carbocycles. The Balaban J connectivity index is 1.37. The summed E-state index contributed by atoms with van der Waals surface area (Å²) in [5, 5.41) is 1.45. The first-order valence-corrected chi connectivity index (χ1v) is 10.5. The lowest BCUT2D eigenvalue weighted by atomic mass is 9.98. The van der Waals surface area contributed by atoms with Crippen molar-refractivity contribution < 1.29 is 4.79 Å². The number of carbonyl (C=O) groups excluding carboxylic acids is 1. The van der Waals surface area contributed by atoms with Crippen LogP contribution in [0.5, 0.6) is 0 Å². The molecule has 3 heteroatoms. The zero-order valence-electron chi connectivity index (χ0n) is 16.3. The van der Waals surface area contributed by atoms with Gasteiger partial charge in [0.05, 0.1) is 0 Å². The van der Waals surface area contributed by atoms with Gasteiger partial charge in [-0.25, -0.2) is 0 Å². The molecular formula is C27H20Cl2O.